The smallest absolute Gasteiger partial charge is 0.241 e. The van der Waals surface area contributed by atoms with E-state index < -0.39 is 10.0 Å². The van der Waals surface area contributed by atoms with Crippen LogP contribution in [0.15, 0.2) is 41.3 Å². The maximum absolute atomic E-state index is 12.6. The van der Waals surface area contributed by atoms with E-state index in [0.717, 1.165) is 22.4 Å². The summed E-state index contributed by atoms with van der Waals surface area (Å²) in [6, 6.07) is 11.7. The van der Waals surface area contributed by atoms with Gasteiger partial charge in [0.2, 0.25) is 10.0 Å². The Hall–Kier alpha value is -1.85. The lowest BCUT2D eigenvalue weighted by molar-refractivity contribution is 0.322. The summed E-state index contributed by atoms with van der Waals surface area (Å²) in [7, 11) is -3.55. The Labute approximate surface area is 157 Å². The molecule has 0 unspecified atom stereocenters. The molecule has 1 N–H and O–H groups in total. The van der Waals surface area contributed by atoms with E-state index in [0.29, 0.717) is 4.90 Å². The molecule has 2 aromatic carbocycles. The summed E-state index contributed by atoms with van der Waals surface area (Å²) in [5.74, 6) is 0.736. The normalized spacial score (nSPS) is 12.2. The van der Waals surface area contributed by atoms with Crippen LogP contribution < -0.4 is 9.46 Å². The van der Waals surface area contributed by atoms with Crippen molar-refractivity contribution in [3.8, 4) is 5.75 Å². The Morgan fingerprint density at radius 2 is 1.50 bits per heavy atom. The van der Waals surface area contributed by atoms with Gasteiger partial charge in [0.25, 0.3) is 0 Å². The third-order valence-electron chi connectivity index (χ3n) is 4.26. The van der Waals surface area contributed by atoms with Gasteiger partial charge in [0, 0.05) is 6.54 Å². The lowest BCUT2D eigenvalue weighted by Gasteiger charge is -2.19. The molecular formula is C21H29NO3S. The van der Waals surface area contributed by atoms with Crippen LogP contribution in [0.1, 0.15) is 43.0 Å². The number of sulfonamides is 1. The topological polar surface area (TPSA) is 55.4 Å². The van der Waals surface area contributed by atoms with Crippen LogP contribution in [0.25, 0.3) is 0 Å². The second-order valence-electron chi connectivity index (χ2n) is 7.75. The van der Waals surface area contributed by atoms with Crippen LogP contribution in [0.3, 0.4) is 0 Å². The van der Waals surface area contributed by atoms with Gasteiger partial charge in [-0.05, 0) is 55.0 Å². The van der Waals surface area contributed by atoms with Crippen LogP contribution in [0.4, 0.5) is 0 Å². The van der Waals surface area contributed by atoms with E-state index >= 15 is 0 Å². The van der Waals surface area contributed by atoms with Gasteiger partial charge < -0.3 is 4.74 Å². The average Bonchev–Trinajstić information content (AvgIpc) is 2.50. The van der Waals surface area contributed by atoms with Gasteiger partial charge in [-0.15, -0.1) is 0 Å². The van der Waals surface area contributed by atoms with Crippen molar-refractivity contribution in [3.63, 3.8) is 0 Å². The van der Waals surface area contributed by atoms with E-state index in [2.05, 4.69) is 25.5 Å². The summed E-state index contributed by atoms with van der Waals surface area (Å²) in [4.78, 5) is 0.359. The fourth-order valence-electron chi connectivity index (χ4n) is 3.06. The molecule has 2 aromatic rings. The number of benzene rings is 2. The Morgan fingerprint density at radius 1 is 0.962 bits per heavy atom. The van der Waals surface area contributed by atoms with Crippen LogP contribution in [0.5, 0.6) is 5.75 Å². The molecule has 0 atom stereocenters. The van der Waals surface area contributed by atoms with Crippen molar-refractivity contribution in [3.05, 3.63) is 58.7 Å². The van der Waals surface area contributed by atoms with Crippen molar-refractivity contribution in [2.75, 3.05) is 13.2 Å². The van der Waals surface area contributed by atoms with Gasteiger partial charge >= 0.3 is 0 Å². The first-order chi connectivity index (χ1) is 12.0. The van der Waals surface area contributed by atoms with Crippen LogP contribution in [0, 0.1) is 20.8 Å². The Bertz CT molecular complexity index is 840. The van der Waals surface area contributed by atoms with E-state index in [1.165, 1.54) is 5.56 Å². The van der Waals surface area contributed by atoms with E-state index in [1.807, 2.05) is 57.2 Å². The minimum atomic E-state index is -3.55. The Balaban J connectivity index is 1.95. The summed E-state index contributed by atoms with van der Waals surface area (Å²) in [6.07, 6.45) is 0. The molecule has 0 aliphatic rings. The highest BCUT2D eigenvalue weighted by Crippen LogP contribution is 2.24. The molecule has 26 heavy (non-hydrogen) atoms. The highest BCUT2D eigenvalue weighted by molar-refractivity contribution is 7.89. The van der Waals surface area contributed by atoms with E-state index in [9.17, 15) is 8.42 Å². The molecule has 142 valence electrons. The molecule has 2 rings (SSSR count). The average molecular weight is 376 g/mol. The molecule has 0 aliphatic carbocycles. The van der Waals surface area contributed by atoms with Gasteiger partial charge in [-0.1, -0.05) is 50.6 Å². The van der Waals surface area contributed by atoms with Crippen LogP contribution in [-0.2, 0) is 15.4 Å². The lowest BCUT2D eigenvalue weighted by Crippen LogP contribution is -2.29. The van der Waals surface area contributed by atoms with E-state index in [4.69, 9.17) is 4.74 Å². The maximum atomic E-state index is 12.6. The summed E-state index contributed by atoms with van der Waals surface area (Å²) in [5.41, 5.74) is 3.90. The summed E-state index contributed by atoms with van der Waals surface area (Å²) in [5, 5.41) is 0. The summed E-state index contributed by atoms with van der Waals surface area (Å²) in [6.45, 7) is 12.6. The van der Waals surface area contributed by atoms with Crippen molar-refractivity contribution in [2.45, 2.75) is 51.9 Å². The molecular weight excluding hydrogens is 346 g/mol. The monoisotopic (exact) mass is 375 g/mol. The minimum Gasteiger partial charge on any atom is -0.492 e. The molecule has 0 aromatic heterocycles. The van der Waals surface area contributed by atoms with Crippen molar-refractivity contribution < 1.29 is 13.2 Å². The first kappa shape index (κ1) is 20.5. The van der Waals surface area contributed by atoms with Crippen molar-refractivity contribution in [1.82, 2.24) is 4.72 Å². The molecule has 0 radical (unpaired) electrons. The molecule has 0 saturated heterocycles. The number of rotatable bonds is 6. The quantitative estimate of drug-likeness (QED) is 0.767. The third kappa shape index (κ3) is 5.08. The highest BCUT2D eigenvalue weighted by atomic mass is 32.2. The highest BCUT2D eigenvalue weighted by Gasteiger charge is 2.19. The number of ether oxygens (including phenoxy) is 1. The first-order valence-electron chi connectivity index (χ1n) is 8.81. The van der Waals surface area contributed by atoms with Gasteiger partial charge in [0.15, 0.2) is 0 Å². The lowest BCUT2D eigenvalue weighted by atomic mass is 9.87. The van der Waals surface area contributed by atoms with Gasteiger partial charge in [0.05, 0.1) is 4.90 Å². The van der Waals surface area contributed by atoms with Crippen LogP contribution in [0.2, 0.25) is 0 Å². The fraction of sp³-hybridized carbons (Fsp3) is 0.429. The van der Waals surface area contributed by atoms with Crippen molar-refractivity contribution in [2.24, 2.45) is 0 Å². The second kappa shape index (κ2) is 7.80. The molecule has 0 aliphatic heterocycles. The SMILES string of the molecule is Cc1cc(C)c(S(=O)(=O)NCCOc2ccc(C(C)(C)C)cc2)c(C)c1. The van der Waals surface area contributed by atoms with Gasteiger partial charge in [-0.25, -0.2) is 13.1 Å². The minimum absolute atomic E-state index is 0.0952. The molecule has 4 nitrogen and oxygen atoms in total. The maximum Gasteiger partial charge on any atom is 0.241 e. The van der Waals surface area contributed by atoms with Gasteiger partial charge in [-0.2, -0.15) is 0 Å². The van der Waals surface area contributed by atoms with E-state index in [1.54, 1.807) is 0 Å². The third-order valence-corrected chi connectivity index (χ3v) is 6.02. The van der Waals surface area contributed by atoms with Crippen LogP contribution in [-0.4, -0.2) is 21.6 Å². The summed E-state index contributed by atoms with van der Waals surface area (Å²) >= 11 is 0. The standard InChI is InChI=1S/C21H29NO3S/c1-15-13-16(2)20(17(3)14-15)26(23,24)22-11-12-25-19-9-7-18(8-10-19)21(4,5)6/h7-10,13-14,22H,11-12H2,1-6H3. The molecule has 0 bridgehead atoms. The predicted octanol–water partition coefficient (Wildman–Crippen LogP) is 4.27. The number of hydrogen-bond donors (Lipinski definition) is 1. The molecule has 0 saturated carbocycles. The Morgan fingerprint density at radius 3 is 2.00 bits per heavy atom. The molecule has 0 heterocycles. The second-order valence-corrected chi connectivity index (χ2v) is 9.45. The first-order valence-corrected chi connectivity index (χ1v) is 10.3. The van der Waals surface area contributed by atoms with Crippen molar-refractivity contribution in [1.29, 1.82) is 0 Å². The zero-order valence-corrected chi connectivity index (χ0v) is 17.3. The van der Waals surface area contributed by atoms with Crippen molar-refractivity contribution >= 4 is 10.0 Å². The summed E-state index contributed by atoms with van der Waals surface area (Å²) < 4.78 is 33.5. The molecule has 0 spiro atoms. The zero-order chi connectivity index (χ0) is 19.5. The van der Waals surface area contributed by atoms with E-state index in [-0.39, 0.29) is 18.6 Å². The zero-order valence-electron chi connectivity index (χ0n) is 16.5. The largest absolute Gasteiger partial charge is 0.492 e. The number of nitrogens with one attached hydrogen (secondary N) is 1. The molecule has 0 fully saturated rings. The number of aryl methyl sites for hydroxylation is 3. The predicted molar refractivity (Wildman–Crippen MR) is 106 cm³/mol. The number of hydrogen-bond acceptors (Lipinski definition) is 3. The Kier molecular flexibility index (Phi) is 6.14. The van der Waals surface area contributed by atoms with Gasteiger partial charge in [-0.3, -0.25) is 0 Å². The molecule has 5 heteroatoms. The van der Waals surface area contributed by atoms with Gasteiger partial charge in [0.1, 0.15) is 12.4 Å². The van der Waals surface area contributed by atoms with Crippen LogP contribution >= 0.6 is 0 Å². The molecule has 0 amide bonds. The fourth-order valence-corrected chi connectivity index (χ4v) is 4.52.